The van der Waals surface area contributed by atoms with Gasteiger partial charge < -0.3 is 9.42 Å². The molecule has 0 fully saturated rings. The van der Waals surface area contributed by atoms with Crippen molar-refractivity contribution in [1.82, 2.24) is 0 Å². The molecule has 0 aromatic rings. The molecule has 1 atom stereocenters. The Balaban J connectivity index is 3.52. The third-order valence-electron chi connectivity index (χ3n) is 1.18. The molecule has 1 N–H and O–H groups in total. The third kappa shape index (κ3) is 10.2. The Hall–Kier alpha value is 0.150. The third-order valence-corrected chi connectivity index (χ3v) is 1.84. The minimum atomic E-state index is -3.25. The van der Waals surface area contributed by atoms with Gasteiger partial charge in [-0.2, -0.15) is 0 Å². The van der Waals surface area contributed by atoms with Crippen LogP contribution in [0.4, 0.5) is 0 Å². The van der Waals surface area contributed by atoms with Gasteiger partial charge in [0, 0.05) is 6.66 Å². The highest BCUT2D eigenvalue weighted by molar-refractivity contribution is 7.51. The van der Waals surface area contributed by atoms with Crippen LogP contribution >= 0.6 is 7.60 Å². The van der Waals surface area contributed by atoms with Crippen LogP contribution in [-0.4, -0.2) is 18.2 Å². The van der Waals surface area contributed by atoms with E-state index in [9.17, 15) is 4.57 Å². The van der Waals surface area contributed by atoms with Crippen LogP contribution in [0.15, 0.2) is 0 Å². The Labute approximate surface area is 68.3 Å². The Kier molecular flexibility index (Phi) is 3.75. The highest BCUT2D eigenvalue weighted by Crippen LogP contribution is 2.37. The maximum Gasteiger partial charge on any atom is 0.325 e. The van der Waals surface area contributed by atoms with Gasteiger partial charge in [0.15, 0.2) is 0 Å². The summed E-state index contributed by atoms with van der Waals surface area (Å²) < 4.78 is 15.4. The molecule has 1 unspecified atom stereocenters. The number of hydrogen-bond acceptors (Lipinski definition) is 2. The minimum absolute atomic E-state index is 0.162. The molecule has 0 bridgehead atoms. The van der Waals surface area contributed by atoms with Gasteiger partial charge in [-0.05, 0) is 11.8 Å². The van der Waals surface area contributed by atoms with E-state index in [-0.39, 0.29) is 5.41 Å². The van der Waals surface area contributed by atoms with E-state index >= 15 is 0 Å². The van der Waals surface area contributed by atoms with Crippen molar-refractivity contribution >= 4 is 7.60 Å². The van der Waals surface area contributed by atoms with Gasteiger partial charge in [0.1, 0.15) is 0 Å². The summed E-state index contributed by atoms with van der Waals surface area (Å²) in [4.78, 5) is 8.75. The fourth-order valence-electron chi connectivity index (χ4n) is 0.521. The van der Waals surface area contributed by atoms with Crippen molar-refractivity contribution in [2.75, 3.05) is 13.3 Å². The molecule has 0 rings (SSSR count). The van der Waals surface area contributed by atoms with Gasteiger partial charge in [0.25, 0.3) is 0 Å². The summed E-state index contributed by atoms with van der Waals surface area (Å²) in [6.45, 7) is 7.75. The fourth-order valence-corrected chi connectivity index (χ4v) is 0.951. The predicted octanol–water partition coefficient (Wildman–Crippen LogP) is 2.25. The lowest BCUT2D eigenvalue weighted by Crippen LogP contribution is -2.08. The van der Waals surface area contributed by atoms with Gasteiger partial charge in [0.05, 0.1) is 6.61 Å². The normalized spacial score (nSPS) is 17.9. The van der Waals surface area contributed by atoms with Crippen molar-refractivity contribution in [3.63, 3.8) is 0 Å². The van der Waals surface area contributed by atoms with Crippen LogP contribution < -0.4 is 0 Å². The van der Waals surface area contributed by atoms with Crippen LogP contribution in [0.5, 0.6) is 0 Å². The quantitative estimate of drug-likeness (QED) is 0.677. The van der Waals surface area contributed by atoms with Gasteiger partial charge in [-0.3, -0.25) is 4.57 Å². The van der Waals surface area contributed by atoms with Gasteiger partial charge in [-0.15, -0.1) is 0 Å². The van der Waals surface area contributed by atoms with Crippen molar-refractivity contribution in [2.24, 2.45) is 5.41 Å². The van der Waals surface area contributed by atoms with Crippen molar-refractivity contribution in [1.29, 1.82) is 0 Å². The van der Waals surface area contributed by atoms with Gasteiger partial charge in [-0.25, -0.2) is 0 Å². The molecule has 0 saturated heterocycles. The molecule has 0 radical (unpaired) electrons. The van der Waals surface area contributed by atoms with Crippen molar-refractivity contribution in [3.8, 4) is 0 Å². The maximum atomic E-state index is 10.6. The molecule has 0 spiro atoms. The summed E-state index contributed by atoms with van der Waals surface area (Å²) in [6, 6.07) is 0. The van der Waals surface area contributed by atoms with E-state index < -0.39 is 7.60 Å². The lowest BCUT2D eigenvalue weighted by Gasteiger charge is -2.18. The average molecular weight is 180 g/mol. The average Bonchev–Trinajstić information content (AvgIpc) is 1.55. The van der Waals surface area contributed by atoms with E-state index in [1.165, 1.54) is 6.66 Å². The van der Waals surface area contributed by atoms with Crippen LogP contribution in [0.3, 0.4) is 0 Å². The molecule has 0 aromatic heterocycles. The summed E-state index contributed by atoms with van der Waals surface area (Å²) in [6.07, 6.45) is 0.797. The van der Waals surface area contributed by atoms with Crippen LogP contribution in [-0.2, 0) is 9.09 Å². The van der Waals surface area contributed by atoms with Crippen molar-refractivity contribution in [2.45, 2.75) is 27.2 Å². The Morgan fingerprint density at radius 3 is 2.18 bits per heavy atom. The number of hydrogen-bond donors (Lipinski definition) is 1. The minimum Gasteiger partial charge on any atom is -0.324 e. The molecule has 0 aliphatic rings. The Bertz CT molecular complexity index is 154. The topological polar surface area (TPSA) is 46.5 Å². The summed E-state index contributed by atoms with van der Waals surface area (Å²) in [7, 11) is -3.25. The van der Waals surface area contributed by atoms with Gasteiger partial charge >= 0.3 is 7.60 Å². The molecule has 11 heavy (non-hydrogen) atoms. The fraction of sp³-hybridized carbons (Fsp3) is 1.00. The van der Waals surface area contributed by atoms with Gasteiger partial charge in [0.2, 0.25) is 0 Å². The van der Waals surface area contributed by atoms with E-state index in [0.29, 0.717) is 6.61 Å². The highest BCUT2D eigenvalue weighted by Gasteiger charge is 2.14. The largest absolute Gasteiger partial charge is 0.325 e. The molecule has 0 aromatic carbocycles. The molecule has 0 amide bonds. The van der Waals surface area contributed by atoms with E-state index in [0.717, 1.165) is 6.42 Å². The van der Waals surface area contributed by atoms with E-state index in [4.69, 9.17) is 9.42 Å². The van der Waals surface area contributed by atoms with E-state index in [2.05, 4.69) is 20.8 Å². The first-order valence-electron chi connectivity index (χ1n) is 3.65. The second-order valence-corrected chi connectivity index (χ2v) is 5.81. The molecule has 0 aliphatic heterocycles. The Morgan fingerprint density at radius 2 is 1.91 bits per heavy atom. The van der Waals surface area contributed by atoms with Crippen molar-refractivity contribution < 1.29 is 14.0 Å². The first kappa shape index (κ1) is 11.2. The maximum absolute atomic E-state index is 10.6. The molecule has 0 saturated carbocycles. The number of rotatable bonds is 3. The standard InChI is InChI=1S/C7H17O3P/c1-7(2,3)5-6-10-11(4,8)9/h5-6H2,1-4H3,(H,8,9). The van der Waals surface area contributed by atoms with Gasteiger partial charge in [-0.1, -0.05) is 20.8 Å². The Morgan fingerprint density at radius 1 is 1.45 bits per heavy atom. The first-order chi connectivity index (χ1) is 4.71. The summed E-state index contributed by atoms with van der Waals surface area (Å²) in [5.74, 6) is 0. The van der Waals surface area contributed by atoms with Crippen LogP contribution in [0.2, 0.25) is 0 Å². The predicted molar refractivity (Wildman–Crippen MR) is 45.8 cm³/mol. The van der Waals surface area contributed by atoms with Crippen LogP contribution in [0.25, 0.3) is 0 Å². The first-order valence-corrected chi connectivity index (χ1v) is 5.68. The van der Waals surface area contributed by atoms with Crippen LogP contribution in [0.1, 0.15) is 27.2 Å². The molecule has 0 aliphatic carbocycles. The highest BCUT2D eigenvalue weighted by atomic mass is 31.2. The zero-order valence-electron chi connectivity index (χ0n) is 7.63. The van der Waals surface area contributed by atoms with E-state index in [1.54, 1.807) is 0 Å². The molecule has 68 valence electrons. The summed E-state index contributed by atoms with van der Waals surface area (Å²) in [5.41, 5.74) is 0.162. The summed E-state index contributed by atoms with van der Waals surface area (Å²) >= 11 is 0. The second-order valence-electron chi connectivity index (χ2n) is 3.95. The van der Waals surface area contributed by atoms with Crippen LogP contribution in [0, 0.1) is 5.41 Å². The molecule has 3 nitrogen and oxygen atoms in total. The summed E-state index contributed by atoms with van der Waals surface area (Å²) in [5, 5.41) is 0. The monoisotopic (exact) mass is 180 g/mol. The lowest BCUT2D eigenvalue weighted by molar-refractivity contribution is 0.218. The zero-order chi connectivity index (χ0) is 9.12. The smallest absolute Gasteiger partial charge is 0.324 e. The SMILES string of the molecule is CC(C)(C)CCOP(C)(=O)O. The molecule has 0 heterocycles. The second kappa shape index (κ2) is 3.70. The lowest BCUT2D eigenvalue weighted by atomic mass is 9.93. The molecule has 4 heteroatoms. The zero-order valence-corrected chi connectivity index (χ0v) is 8.52. The van der Waals surface area contributed by atoms with Crippen molar-refractivity contribution in [3.05, 3.63) is 0 Å². The molecular weight excluding hydrogens is 163 g/mol. The molecular formula is C7H17O3P. The van der Waals surface area contributed by atoms with E-state index in [1.807, 2.05) is 0 Å².